The van der Waals surface area contributed by atoms with Gasteiger partial charge in [-0.25, -0.2) is 0 Å². The molecule has 1 aromatic carbocycles. The number of benzene rings is 1. The number of morpholine rings is 1. The number of halogens is 3. The summed E-state index contributed by atoms with van der Waals surface area (Å²) in [7, 11) is 0. The monoisotopic (exact) mass is 449 g/mol. The van der Waals surface area contributed by atoms with Crippen LogP contribution in [0.15, 0.2) is 29.6 Å². The van der Waals surface area contributed by atoms with E-state index in [9.17, 15) is 13.2 Å². The first-order valence-electron chi connectivity index (χ1n) is 10.8. The van der Waals surface area contributed by atoms with E-state index in [2.05, 4.69) is 32.3 Å². The highest BCUT2D eigenvalue weighted by Gasteiger charge is 2.33. The second-order valence-electron chi connectivity index (χ2n) is 8.39. The van der Waals surface area contributed by atoms with Crippen LogP contribution in [0.5, 0.6) is 0 Å². The van der Waals surface area contributed by atoms with E-state index >= 15 is 0 Å². The van der Waals surface area contributed by atoms with Crippen LogP contribution in [-0.4, -0.2) is 49.3 Å². The van der Waals surface area contributed by atoms with Crippen LogP contribution >= 0.6 is 11.3 Å². The number of anilines is 1. The summed E-state index contributed by atoms with van der Waals surface area (Å²) >= 11 is 1.59. The summed E-state index contributed by atoms with van der Waals surface area (Å²) in [4.78, 5) is 8.30. The normalized spacial score (nSPS) is 18.7. The van der Waals surface area contributed by atoms with E-state index in [0.29, 0.717) is 24.1 Å². The van der Waals surface area contributed by atoms with Gasteiger partial charge in [0.25, 0.3) is 0 Å². The lowest BCUT2D eigenvalue weighted by Gasteiger charge is -2.27. The predicted molar refractivity (Wildman–Crippen MR) is 119 cm³/mol. The van der Waals surface area contributed by atoms with Crippen LogP contribution in [-0.2, 0) is 17.5 Å². The lowest BCUT2D eigenvalue weighted by molar-refractivity contribution is -0.140. The molecule has 2 fully saturated rings. The molecule has 0 bridgehead atoms. The van der Waals surface area contributed by atoms with Gasteiger partial charge < -0.3 is 14.6 Å². The van der Waals surface area contributed by atoms with Crippen LogP contribution in [0.1, 0.15) is 30.5 Å². The maximum absolute atomic E-state index is 13.4. The molecule has 8 heteroatoms. The maximum atomic E-state index is 13.4. The quantitative estimate of drug-likeness (QED) is 0.551. The topological polar surface area (TPSA) is 31.5 Å². The van der Waals surface area contributed by atoms with Crippen molar-refractivity contribution >= 4 is 27.9 Å². The van der Waals surface area contributed by atoms with Crippen molar-refractivity contribution in [2.45, 2.75) is 32.0 Å². The molecule has 5 rings (SSSR count). The van der Waals surface area contributed by atoms with Crippen LogP contribution in [0.2, 0.25) is 0 Å². The molecule has 0 saturated carbocycles. The zero-order chi connectivity index (χ0) is 21.4. The van der Waals surface area contributed by atoms with Crippen LogP contribution < -0.4 is 4.90 Å². The van der Waals surface area contributed by atoms with Crippen LogP contribution in [0, 0.1) is 0 Å². The minimum absolute atomic E-state index is 0.554. The molecular formula is C23H26F3N3OS. The second-order valence-corrected chi connectivity index (χ2v) is 9.30. The molecule has 0 unspecified atom stereocenters. The Hall–Kier alpha value is -2.03. The zero-order valence-corrected chi connectivity index (χ0v) is 18.1. The SMILES string of the molecule is FC(F)(F)c1cc2c(-c3cc(N4CCOCC4)cs3)cc(CN3CCCCC3)cc2[nH]1. The molecule has 0 aliphatic carbocycles. The molecule has 2 aliphatic heterocycles. The lowest BCUT2D eigenvalue weighted by atomic mass is 10.0. The van der Waals surface area contributed by atoms with Crippen LogP contribution in [0.4, 0.5) is 18.9 Å². The second kappa shape index (κ2) is 8.48. The van der Waals surface area contributed by atoms with Crippen molar-refractivity contribution in [3.8, 4) is 10.4 Å². The highest BCUT2D eigenvalue weighted by Crippen LogP contribution is 2.40. The number of alkyl halides is 3. The van der Waals surface area contributed by atoms with Gasteiger partial charge >= 0.3 is 6.18 Å². The van der Waals surface area contributed by atoms with Crippen molar-refractivity contribution in [2.75, 3.05) is 44.3 Å². The molecule has 4 nitrogen and oxygen atoms in total. The predicted octanol–water partition coefficient (Wildman–Crippen LogP) is 5.74. The Morgan fingerprint density at radius 2 is 1.74 bits per heavy atom. The largest absolute Gasteiger partial charge is 0.431 e. The van der Waals surface area contributed by atoms with Gasteiger partial charge in [0.1, 0.15) is 5.69 Å². The van der Waals surface area contributed by atoms with Gasteiger partial charge in [-0.05, 0) is 55.8 Å². The molecule has 2 saturated heterocycles. The number of ether oxygens (including phenoxy) is 1. The van der Waals surface area contributed by atoms with Crippen molar-refractivity contribution in [1.82, 2.24) is 9.88 Å². The fraction of sp³-hybridized carbons (Fsp3) is 0.478. The van der Waals surface area contributed by atoms with Gasteiger partial charge in [0, 0.05) is 52.0 Å². The summed E-state index contributed by atoms with van der Waals surface area (Å²) in [5, 5.41) is 2.73. The molecule has 2 aromatic heterocycles. The maximum Gasteiger partial charge on any atom is 0.431 e. The van der Waals surface area contributed by atoms with Gasteiger partial charge in [0.05, 0.1) is 13.2 Å². The van der Waals surface area contributed by atoms with Gasteiger partial charge in [-0.3, -0.25) is 4.90 Å². The molecular weight excluding hydrogens is 423 g/mol. The molecule has 1 N–H and O–H groups in total. The fourth-order valence-electron chi connectivity index (χ4n) is 4.58. The number of likely N-dealkylation sites (tertiary alicyclic amines) is 1. The Morgan fingerprint density at radius 1 is 0.968 bits per heavy atom. The number of hydrogen-bond acceptors (Lipinski definition) is 4. The molecule has 0 radical (unpaired) electrons. The Bertz CT molecular complexity index is 1050. The standard InChI is InChI=1S/C23H26F3N3OS/c24-23(25,26)22-13-18-19(21-12-17(15-31-21)29-6-8-30-9-7-29)10-16(11-20(18)27-22)14-28-4-2-1-3-5-28/h10-13,15,27H,1-9,14H2. The Labute approximate surface area is 183 Å². The minimum Gasteiger partial charge on any atom is -0.378 e. The van der Waals surface area contributed by atoms with E-state index in [1.807, 2.05) is 6.07 Å². The Balaban J connectivity index is 1.54. The summed E-state index contributed by atoms with van der Waals surface area (Å²) in [6.07, 6.45) is -0.767. The minimum atomic E-state index is -4.39. The van der Waals surface area contributed by atoms with E-state index < -0.39 is 11.9 Å². The van der Waals surface area contributed by atoms with E-state index in [1.165, 1.54) is 25.3 Å². The number of aromatic nitrogens is 1. The number of thiophene rings is 1. The van der Waals surface area contributed by atoms with E-state index in [-0.39, 0.29) is 0 Å². The van der Waals surface area contributed by atoms with E-state index in [1.54, 1.807) is 11.3 Å². The molecule has 2 aliphatic rings. The van der Waals surface area contributed by atoms with Gasteiger partial charge in [0.15, 0.2) is 0 Å². The molecule has 0 spiro atoms. The van der Waals surface area contributed by atoms with Crippen molar-refractivity contribution in [1.29, 1.82) is 0 Å². The summed E-state index contributed by atoms with van der Waals surface area (Å²) in [5.74, 6) is 0. The number of H-pyrrole nitrogens is 1. The third-order valence-electron chi connectivity index (χ3n) is 6.19. The number of nitrogens with one attached hydrogen (secondary N) is 1. The Morgan fingerprint density at radius 3 is 2.48 bits per heavy atom. The average molecular weight is 450 g/mol. The van der Waals surface area contributed by atoms with Gasteiger partial charge in [-0.1, -0.05) is 6.42 Å². The average Bonchev–Trinajstić information content (AvgIpc) is 3.42. The number of hydrogen-bond donors (Lipinski definition) is 1. The Kier molecular flexibility index (Phi) is 5.71. The van der Waals surface area contributed by atoms with Crippen molar-refractivity contribution in [2.24, 2.45) is 0 Å². The van der Waals surface area contributed by atoms with E-state index in [0.717, 1.165) is 54.4 Å². The molecule has 31 heavy (non-hydrogen) atoms. The number of fused-ring (bicyclic) bond motifs is 1. The van der Waals surface area contributed by atoms with Gasteiger partial charge in [0.2, 0.25) is 0 Å². The first kappa shape index (κ1) is 20.8. The summed E-state index contributed by atoms with van der Waals surface area (Å²) < 4.78 is 45.7. The highest BCUT2D eigenvalue weighted by molar-refractivity contribution is 7.14. The highest BCUT2D eigenvalue weighted by atomic mass is 32.1. The number of nitrogens with zero attached hydrogens (tertiary/aromatic N) is 2. The smallest absolute Gasteiger partial charge is 0.378 e. The van der Waals surface area contributed by atoms with Crippen molar-refractivity contribution in [3.05, 3.63) is 40.9 Å². The third kappa shape index (κ3) is 4.47. The molecule has 4 heterocycles. The molecule has 0 atom stereocenters. The molecule has 166 valence electrons. The van der Waals surface area contributed by atoms with Crippen LogP contribution in [0.25, 0.3) is 21.3 Å². The molecule has 0 amide bonds. The number of rotatable bonds is 4. The lowest BCUT2D eigenvalue weighted by Crippen LogP contribution is -2.35. The summed E-state index contributed by atoms with van der Waals surface area (Å²) in [6.45, 7) is 5.94. The van der Waals surface area contributed by atoms with Gasteiger partial charge in [-0.15, -0.1) is 11.3 Å². The third-order valence-corrected chi connectivity index (χ3v) is 7.14. The zero-order valence-electron chi connectivity index (χ0n) is 17.3. The first-order valence-corrected chi connectivity index (χ1v) is 11.7. The summed E-state index contributed by atoms with van der Waals surface area (Å²) in [5.41, 5.74) is 2.91. The number of aromatic amines is 1. The van der Waals surface area contributed by atoms with Crippen molar-refractivity contribution in [3.63, 3.8) is 0 Å². The fourth-order valence-corrected chi connectivity index (χ4v) is 5.53. The molecule has 3 aromatic rings. The van der Waals surface area contributed by atoms with Crippen molar-refractivity contribution < 1.29 is 17.9 Å². The first-order chi connectivity index (χ1) is 15.0. The van der Waals surface area contributed by atoms with E-state index in [4.69, 9.17) is 4.74 Å². The van der Waals surface area contributed by atoms with Gasteiger partial charge in [-0.2, -0.15) is 13.2 Å². The number of piperidine rings is 1. The summed E-state index contributed by atoms with van der Waals surface area (Å²) in [6, 6.07) is 7.33. The van der Waals surface area contributed by atoms with Crippen LogP contribution in [0.3, 0.4) is 0 Å².